The molecule has 4 nitrogen and oxygen atoms in total. The summed E-state index contributed by atoms with van der Waals surface area (Å²) >= 11 is 1.95. The molecule has 3 heterocycles. The van der Waals surface area contributed by atoms with Crippen LogP contribution in [0.4, 0.5) is 4.79 Å². The number of fused-ring (bicyclic) bond motifs is 5. The van der Waals surface area contributed by atoms with Crippen LogP contribution >= 0.6 is 11.3 Å². The van der Waals surface area contributed by atoms with Crippen LogP contribution in [0.2, 0.25) is 0 Å². The second-order valence-corrected chi connectivity index (χ2v) is 8.17. The average molecular weight is 358 g/mol. The van der Waals surface area contributed by atoms with Crippen molar-refractivity contribution < 1.29 is 4.79 Å². The summed E-state index contributed by atoms with van der Waals surface area (Å²) in [5.41, 5.74) is 4.15. The molecule has 0 radical (unpaired) electrons. The number of aryl methyl sites for hydroxylation is 1. The number of urea groups is 1. The van der Waals surface area contributed by atoms with Crippen LogP contribution in [0.5, 0.6) is 0 Å². The molecule has 2 aromatic heterocycles. The van der Waals surface area contributed by atoms with Crippen molar-refractivity contribution in [1.29, 1.82) is 0 Å². The van der Waals surface area contributed by atoms with Crippen LogP contribution in [0, 0.1) is 0 Å². The van der Waals surface area contributed by atoms with E-state index in [0.717, 1.165) is 25.9 Å². The molecule has 1 N–H and O–H groups in total. The molecule has 0 saturated carbocycles. The van der Waals surface area contributed by atoms with Crippen LogP contribution in [0.1, 0.15) is 67.3 Å². The molecule has 0 fully saturated rings. The second kappa shape index (κ2) is 6.87. The summed E-state index contributed by atoms with van der Waals surface area (Å²) in [4.78, 5) is 16.5. The van der Waals surface area contributed by atoms with Crippen molar-refractivity contribution in [2.75, 3.05) is 6.54 Å². The minimum Gasteiger partial charge on any atom is -0.338 e. The molecule has 2 aromatic rings. The molecule has 4 rings (SSSR count). The summed E-state index contributed by atoms with van der Waals surface area (Å²) in [5.74, 6) is 0. The maximum Gasteiger partial charge on any atom is 0.318 e. The van der Waals surface area contributed by atoms with Crippen molar-refractivity contribution in [2.45, 2.75) is 65.0 Å². The van der Waals surface area contributed by atoms with Gasteiger partial charge in [0.15, 0.2) is 0 Å². The molecule has 1 aliphatic heterocycles. The number of aromatic nitrogens is 1. The van der Waals surface area contributed by atoms with Crippen molar-refractivity contribution in [1.82, 2.24) is 14.8 Å². The summed E-state index contributed by atoms with van der Waals surface area (Å²) in [5, 5.41) is 4.44. The number of thiophene rings is 1. The van der Waals surface area contributed by atoms with Crippen molar-refractivity contribution >= 4 is 17.4 Å². The molecular weight excluding hydrogens is 330 g/mol. The van der Waals surface area contributed by atoms with E-state index in [-0.39, 0.29) is 12.1 Å². The lowest BCUT2D eigenvalue weighted by Crippen LogP contribution is -2.41. The highest BCUT2D eigenvalue weighted by Gasteiger charge is 2.33. The van der Waals surface area contributed by atoms with Gasteiger partial charge in [0, 0.05) is 28.9 Å². The van der Waals surface area contributed by atoms with E-state index in [2.05, 4.69) is 47.0 Å². The fourth-order valence-electron chi connectivity index (χ4n) is 4.24. The zero-order valence-corrected chi connectivity index (χ0v) is 16.0. The largest absolute Gasteiger partial charge is 0.338 e. The molecule has 0 spiro atoms. The first-order valence-corrected chi connectivity index (χ1v) is 10.4. The molecule has 25 heavy (non-hydrogen) atoms. The predicted molar refractivity (Wildman–Crippen MR) is 103 cm³/mol. The van der Waals surface area contributed by atoms with Gasteiger partial charge >= 0.3 is 6.03 Å². The van der Waals surface area contributed by atoms with Gasteiger partial charge in [-0.2, -0.15) is 0 Å². The molecule has 5 heteroatoms. The monoisotopic (exact) mass is 357 g/mol. The van der Waals surface area contributed by atoms with Gasteiger partial charge in [-0.15, -0.1) is 11.3 Å². The molecule has 0 saturated heterocycles. The quantitative estimate of drug-likeness (QED) is 0.841. The fraction of sp³-hybridized carbons (Fsp3) is 0.550. The first kappa shape index (κ1) is 16.7. The number of amides is 2. The molecular formula is C20H27N3OS. The third-order valence-corrected chi connectivity index (χ3v) is 6.81. The molecule has 2 aliphatic rings. The van der Waals surface area contributed by atoms with E-state index >= 15 is 0 Å². The van der Waals surface area contributed by atoms with Crippen LogP contribution in [-0.4, -0.2) is 22.0 Å². The first-order chi connectivity index (χ1) is 12.2. The van der Waals surface area contributed by atoms with E-state index < -0.39 is 0 Å². The lowest BCUT2D eigenvalue weighted by molar-refractivity contribution is 0.168. The van der Waals surface area contributed by atoms with Crippen molar-refractivity contribution in [2.24, 2.45) is 0 Å². The van der Waals surface area contributed by atoms with Gasteiger partial charge in [0.2, 0.25) is 0 Å². The maximum absolute atomic E-state index is 12.9. The summed E-state index contributed by atoms with van der Waals surface area (Å²) in [6.45, 7) is 5.74. The van der Waals surface area contributed by atoms with Crippen molar-refractivity contribution in [3.8, 4) is 5.00 Å². The zero-order valence-electron chi connectivity index (χ0n) is 15.2. The Hall–Kier alpha value is -1.75. The number of rotatable bonds is 3. The Morgan fingerprint density at radius 1 is 1.28 bits per heavy atom. The maximum atomic E-state index is 12.9. The minimum atomic E-state index is 0.0741. The van der Waals surface area contributed by atoms with Gasteiger partial charge in [-0.05, 0) is 56.2 Å². The SMILES string of the molecule is CCCNC(=O)N1Cc2c(sc3c2CCCC3)-n2cccc2C1CC. The normalized spacial score (nSPS) is 19.0. The molecule has 1 unspecified atom stereocenters. The predicted octanol–water partition coefficient (Wildman–Crippen LogP) is 4.80. The Morgan fingerprint density at radius 3 is 2.92 bits per heavy atom. The second-order valence-electron chi connectivity index (χ2n) is 7.08. The van der Waals surface area contributed by atoms with Gasteiger partial charge in [0.05, 0.1) is 12.6 Å². The number of nitrogens with one attached hydrogen (secondary N) is 1. The minimum absolute atomic E-state index is 0.0741. The van der Waals surface area contributed by atoms with Gasteiger partial charge in [-0.25, -0.2) is 4.79 Å². The Bertz CT molecular complexity index is 776. The summed E-state index contributed by atoms with van der Waals surface area (Å²) < 4.78 is 2.35. The molecule has 0 aromatic carbocycles. The number of carbonyl (C=O) groups excluding carboxylic acids is 1. The Morgan fingerprint density at radius 2 is 2.12 bits per heavy atom. The highest BCUT2D eigenvalue weighted by atomic mass is 32.1. The molecule has 0 bridgehead atoms. The van der Waals surface area contributed by atoms with Crippen LogP contribution in [0.25, 0.3) is 5.00 Å². The topological polar surface area (TPSA) is 37.3 Å². The number of hydrogen-bond acceptors (Lipinski definition) is 2. The summed E-state index contributed by atoms with van der Waals surface area (Å²) in [6, 6.07) is 4.51. The van der Waals surface area contributed by atoms with E-state index in [4.69, 9.17) is 0 Å². The molecule has 1 atom stereocenters. The number of carbonyl (C=O) groups is 1. The van der Waals surface area contributed by atoms with Crippen LogP contribution < -0.4 is 5.32 Å². The Labute approximate surface area is 153 Å². The van der Waals surface area contributed by atoms with E-state index in [1.165, 1.54) is 47.5 Å². The molecule has 1 aliphatic carbocycles. The third kappa shape index (κ3) is 2.78. The van der Waals surface area contributed by atoms with Gasteiger partial charge < -0.3 is 14.8 Å². The average Bonchev–Trinajstić information content (AvgIpc) is 3.22. The van der Waals surface area contributed by atoms with Crippen LogP contribution in [0.15, 0.2) is 18.3 Å². The van der Waals surface area contributed by atoms with E-state index in [1.807, 2.05) is 11.3 Å². The van der Waals surface area contributed by atoms with E-state index in [0.29, 0.717) is 0 Å². The number of hydrogen-bond donors (Lipinski definition) is 1. The smallest absolute Gasteiger partial charge is 0.318 e. The highest BCUT2D eigenvalue weighted by molar-refractivity contribution is 7.15. The standard InChI is InChI=1S/C20H27N3OS/c1-3-11-21-20(24)23-13-15-14-8-5-6-10-18(14)25-19(15)22-12-7-9-17(22)16(23)4-2/h7,9,12,16H,3-6,8,10-11,13H2,1-2H3,(H,21,24). The zero-order chi connectivity index (χ0) is 17.4. The highest BCUT2D eigenvalue weighted by Crippen LogP contribution is 2.42. The third-order valence-electron chi connectivity index (χ3n) is 5.48. The van der Waals surface area contributed by atoms with Gasteiger partial charge in [-0.1, -0.05) is 13.8 Å². The van der Waals surface area contributed by atoms with Crippen LogP contribution in [0.3, 0.4) is 0 Å². The lowest BCUT2D eigenvalue weighted by Gasteiger charge is -2.30. The lowest BCUT2D eigenvalue weighted by atomic mass is 9.95. The Balaban J connectivity index is 1.81. The van der Waals surface area contributed by atoms with Crippen molar-refractivity contribution in [3.05, 3.63) is 40.0 Å². The molecule has 134 valence electrons. The van der Waals surface area contributed by atoms with E-state index in [1.54, 1.807) is 4.88 Å². The summed E-state index contributed by atoms with van der Waals surface area (Å²) in [6.07, 6.45) is 9.00. The van der Waals surface area contributed by atoms with Gasteiger partial charge in [0.25, 0.3) is 0 Å². The fourth-order valence-corrected chi connectivity index (χ4v) is 5.65. The Kier molecular flexibility index (Phi) is 4.59. The summed E-state index contributed by atoms with van der Waals surface area (Å²) in [7, 11) is 0. The van der Waals surface area contributed by atoms with Gasteiger partial charge in [-0.3, -0.25) is 0 Å². The van der Waals surface area contributed by atoms with Crippen LogP contribution in [-0.2, 0) is 19.4 Å². The van der Waals surface area contributed by atoms with Gasteiger partial charge in [0.1, 0.15) is 5.00 Å². The first-order valence-electron chi connectivity index (χ1n) is 9.60. The number of nitrogens with zero attached hydrogens (tertiary/aromatic N) is 2. The van der Waals surface area contributed by atoms with Crippen molar-refractivity contribution in [3.63, 3.8) is 0 Å². The van der Waals surface area contributed by atoms with E-state index in [9.17, 15) is 4.79 Å². The molecule has 2 amide bonds.